The van der Waals surface area contributed by atoms with Crippen molar-refractivity contribution in [1.29, 1.82) is 5.26 Å². The van der Waals surface area contributed by atoms with Gasteiger partial charge in [0.2, 0.25) is 0 Å². The van der Waals surface area contributed by atoms with E-state index in [9.17, 15) is 4.79 Å². The maximum absolute atomic E-state index is 9.25. The molecule has 54 valence electrons. The molecule has 0 aliphatic rings. The highest BCUT2D eigenvalue weighted by Crippen LogP contribution is 1.67. The molecule has 0 fully saturated rings. The molecule has 0 atom stereocenters. The standard InChI is InChI=1S/C4H5N.C3H4O2/c1-2-3-4-5;1-2-3(4)5/h2H,1,3H2;2H,1H2,(H,4,5). The van der Waals surface area contributed by atoms with Gasteiger partial charge in [-0.2, -0.15) is 5.26 Å². The first-order valence-corrected chi connectivity index (χ1v) is 2.52. The van der Waals surface area contributed by atoms with Gasteiger partial charge >= 0.3 is 5.97 Å². The summed E-state index contributed by atoms with van der Waals surface area (Å²) in [5, 5.41) is 15.3. The maximum atomic E-state index is 9.25. The number of carboxylic acids is 1. The van der Waals surface area contributed by atoms with Gasteiger partial charge in [-0.1, -0.05) is 12.7 Å². The molecule has 0 rings (SSSR count). The van der Waals surface area contributed by atoms with Crippen molar-refractivity contribution in [1.82, 2.24) is 0 Å². The highest BCUT2D eigenvalue weighted by atomic mass is 16.4. The molecule has 0 radical (unpaired) electrons. The molecule has 0 amide bonds. The van der Waals surface area contributed by atoms with Crippen LogP contribution in [0.25, 0.3) is 0 Å². The second-order valence-electron chi connectivity index (χ2n) is 1.19. The molecule has 0 bridgehead atoms. The Labute approximate surface area is 59.9 Å². The van der Waals surface area contributed by atoms with Crippen LogP contribution in [0.3, 0.4) is 0 Å². The summed E-state index contributed by atoms with van der Waals surface area (Å²) in [6, 6.07) is 1.90. The minimum Gasteiger partial charge on any atom is -0.478 e. The fraction of sp³-hybridized carbons (Fsp3) is 0.143. The van der Waals surface area contributed by atoms with Crippen molar-refractivity contribution in [3.8, 4) is 6.07 Å². The maximum Gasteiger partial charge on any atom is 0.327 e. The second-order valence-corrected chi connectivity index (χ2v) is 1.19. The van der Waals surface area contributed by atoms with E-state index in [2.05, 4.69) is 13.2 Å². The number of allylic oxidation sites excluding steroid dienone is 1. The van der Waals surface area contributed by atoms with E-state index in [4.69, 9.17) is 10.4 Å². The molecule has 0 aliphatic heterocycles. The summed E-state index contributed by atoms with van der Waals surface area (Å²) in [6.45, 7) is 6.29. The SMILES string of the molecule is C=CC(=O)O.C=CCC#N. The summed E-state index contributed by atoms with van der Waals surface area (Å²) in [6.07, 6.45) is 2.86. The number of nitrogens with zero attached hydrogens (tertiary/aromatic N) is 1. The van der Waals surface area contributed by atoms with Crippen LogP contribution in [-0.4, -0.2) is 11.1 Å². The Hall–Kier alpha value is -1.56. The van der Waals surface area contributed by atoms with E-state index in [-0.39, 0.29) is 0 Å². The molecule has 0 aromatic rings. The topological polar surface area (TPSA) is 61.1 Å². The zero-order valence-corrected chi connectivity index (χ0v) is 5.58. The zero-order valence-electron chi connectivity index (χ0n) is 5.58. The second kappa shape index (κ2) is 10.4. The lowest BCUT2D eigenvalue weighted by atomic mass is 10.5. The molecule has 0 aliphatic carbocycles. The van der Waals surface area contributed by atoms with Crippen molar-refractivity contribution in [2.24, 2.45) is 0 Å². The van der Waals surface area contributed by atoms with Gasteiger partial charge in [-0.05, 0) is 0 Å². The fourth-order valence-corrected chi connectivity index (χ4v) is 0.0645. The zero-order chi connectivity index (χ0) is 8.41. The lowest BCUT2D eigenvalue weighted by molar-refractivity contribution is -0.131. The number of carboxylic acid groups (broad SMARTS) is 1. The molecule has 0 aromatic heterocycles. The summed E-state index contributed by atoms with van der Waals surface area (Å²) in [5.74, 6) is -0.981. The van der Waals surface area contributed by atoms with E-state index >= 15 is 0 Å². The van der Waals surface area contributed by atoms with Crippen LogP contribution in [0.5, 0.6) is 0 Å². The first-order chi connectivity index (χ1) is 4.68. The monoisotopic (exact) mass is 139 g/mol. The van der Waals surface area contributed by atoms with Crippen molar-refractivity contribution in [2.75, 3.05) is 0 Å². The summed E-state index contributed by atoms with van der Waals surface area (Å²) in [7, 11) is 0. The number of rotatable bonds is 2. The molecule has 0 heterocycles. The highest BCUT2D eigenvalue weighted by Gasteiger charge is 1.73. The number of hydrogen-bond acceptors (Lipinski definition) is 2. The molecule has 0 saturated heterocycles. The fourth-order valence-electron chi connectivity index (χ4n) is 0.0645. The predicted octanol–water partition coefficient (Wildman–Crippen LogP) is 1.34. The van der Waals surface area contributed by atoms with Crippen molar-refractivity contribution < 1.29 is 9.90 Å². The van der Waals surface area contributed by atoms with E-state index in [0.717, 1.165) is 6.08 Å². The van der Waals surface area contributed by atoms with Crippen LogP contribution < -0.4 is 0 Å². The first-order valence-electron chi connectivity index (χ1n) is 2.52. The average Bonchev–Trinajstić information content (AvgIpc) is 1.91. The van der Waals surface area contributed by atoms with E-state index in [0.29, 0.717) is 6.42 Å². The van der Waals surface area contributed by atoms with Gasteiger partial charge < -0.3 is 5.11 Å². The third kappa shape index (κ3) is 32.0. The smallest absolute Gasteiger partial charge is 0.327 e. The first kappa shape index (κ1) is 11.3. The highest BCUT2D eigenvalue weighted by molar-refractivity contribution is 5.78. The number of aliphatic carboxylic acids is 1. The van der Waals surface area contributed by atoms with Crippen molar-refractivity contribution in [3.63, 3.8) is 0 Å². The number of hydrogen-bond donors (Lipinski definition) is 1. The van der Waals surface area contributed by atoms with Gasteiger partial charge in [0, 0.05) is 6.08 Å². The normalized spacial score (nSPS) is 5.90. The van der Waals surface area contributed by atoms with Gasteiger partial charge in [0.1, 0.15) is 0 Å². The number of carbonyl (C=O) groups is 1. The Kier molecular flexibility index (Phi) is 11.7. The third-order valence-corrected chi connectivity index (χ3v) is 0.410. The largest absolute Gasteiger partial charge is 0.478 e. The van der Waals surface area contributed by atoms with E-state index in [1.54, 1.807) is 6.08 Å². The van der Waals surface area contributed by atoms with Gasteiger partial charge in [-0.3, -0.25) is 0 Å². The number of nitriles is 1. The van der Waals surface area contributed by atoms with E-state index in [1.165, 1.54) is 0 Å². The van der Waals surface area contributed by atoms with Crippen molar-refractivity contribution in [2.45, 2.75) is 6.42 Å². The molecule has 0 spiro atoms. The quantitative estimate of drug-likeness (QED) is 0.464. The molecule has 3 nitrogen and oxygen atoms in total. The Morgan fingerprint density at radius 1 is 1.70 bits per heavy atom. The summed E-state index contributed by atoms with van der Waals surface area (Å²) in [4.78, 5) is 9.25. The van der Waals surface area contributed by atoms with Crippen LogP contribution in [0.15, 0.2) is 25.3 Å². The van der Waals surface area contributed by atoms with Crippen LogP contribution in [0, 0.1) is 11.3 Å². The van der Waals surface area contributed by atoms with Crippen LogP contribution in [0.1, 0.15) is 6.42 Å². The molecule has 0 saturated carbocycles. The lowest BCUT2D eigenvalue weighted by Gasteiger charge is -1.64. The van der Waals surface area contributed by atoms with Crippen LogP contribution in [0.2, 0.25) is 0 Å². The minimum absolute atomic E-state index is 0.458. The van der Waals surface area contributed by atoms with E-state index in [1.807, 2.05) is 6.07 Å². The van der Waals surface area contributed by atoms with Crippen molar-refractivity contribution >= 4 is 5.97 Å². The molecule has 3 heteroatoms. The van der Waals surface area contributed by atoms with Crippen molar-refractivity contribution in [3.05, 3.63) is 25.3 Å². The Bertz CT molecular complexity index is 155. The van der Waals surface area contributed by atoms with Gasteiger partial charge in [0.05, 0.1) is 12.5 Å². The van der Waals surface area contributed by atoms with Gasteiger partial charge in [0.15, 0.2) is 0 Å². The Morgan fingerprint density at radius 3 is 2.10 bits per heavy atom. The molecular weight excluding hydrogens is 130 g/mol. The third-order valence-electron chi connectivity index (χ3n) is 0.410. The average molecular weight is 139 g/mol. The minimum atomic E-state index is -0.981. The van der Waals surface area contributed by atoms with Gasteiger partial charge in [0.25, 0.3) is 0 Å². The molecule has 1 N–H and O–H groups in total. The van der Waals surface area contributed by atoms with Gasteiger partial charge in [-0.25, -0.2) is 4.79 Å². The Morgan fingerprint density at radius 2 is 2.10 bits per heavy atom. The van der Waals surface area contributed by atoms with Crippen LogP contribution in [-0.2, 0) is 4.79 Å². The Balaban J connectivity index is 0. The van der Waals surface area contributed by atoms with Crippen LogP contribution in [0.4, 0.5) is 0 Å². The molecular formula is C7H9NO2. The van der Waals surface area contributed by atoms with Gasteiger partial charge in [-0.15, -0.1) is 6.58 Å². The molecule has 10 heavy (non-hydrogen) atoms. The summed E-state index contributed by atoms with van der Waals surface area (Å²) >= 11 is 0. The summed E-state index contributed by atoms with van der Waals surface area (Å²) < 4.78 is 0. The molecule has 0 unspecified atom stereocenters. The predicted molar refractivity (Wildman–Crippen MR) is 38.3 cm³/mol. The molecule has 0 aromatic carbocycles. The summed E-state index contributed by atoms with van der Waals surface area (Å²) in [5.41, 5.74) is 0. The van der Waals surface area contributed by atoms with Crippen LogP contribution >= 0.6 is 0 Å². The lowest BCUT2D eigenvalue weighted by Crippen LogP contribution is -1.82. The van der Waals surface area contributed by atoms with E-state index < -0.39 is 5.97 Å².